The first-order valence-electron chi connectivity index (χ1n) is 8.84. The second kappa shape index (κ2) is 7.44. The SMILES string of the molecule is O=C(OCCOc1ccccc1)c1nn(-c2ccccc2)c2c1CCC2. The number of aromatic nitrogens is 2. The molecule has 1 heterocycles. The molecule has 0 radical (unpaired) electrons. The molecule has 0 N–H and O–H groups in total. The van der Waals surface area contributed by atoms with E-state index in [1.165, 1.54) is 0 Å². The number of rotatable bonds is 6. The van der Waals surface area contributed by atoms with Crippen LogP contribution in [0.2, 0.25) is 0 Å². The number of hydrogen-bond donors (Lipinski definition) is 0. The molecular weight excluding hydrogens is 328 g/mol. The lowest BCUT2D eigenvalue weighted by molar-refractivity contribution is 0.0442. The fraction of sp³-hybridized carbons (Fsp3) is 0.238. The third-order valence-electron chi connectivity index (χ3n) is 4.45. The minimum Gasteiger partial charge on any atom is -0.490 e. The van der Waals surface area contributed by atoms with E-state index in [1.54, 1.807) is 0 Å². The third kappa shape index (κ3) is 3.33. The van der Waals surface area contributed by atoms with Gasteiger partial charge >= 0.3 is 5.97 Å². The fourth-order valence-electron chi connectivity index (χ4n) is 3.26. The minimum absolute atomic E-state index is 0.195. The van der Waals surface area contributed by atoms with Crippen LogP contribution in [0.15, 0.2) is 60.7 Å². The number of carbonyl (C=O) groups excluding carboxylic acids is 1. The molecule has 5 heteroatoms. The summed E-state index contributed by atoms with van der Waals surface area (Å²) in [6.45, 7) is 0.512. The van der Waals surface area contributed by atoms with E-state index >= 15 is 0 Å². The Bertz CT molecular complexity index is 888. The first kappa shape index (κ1) is 16.4. The molecule has 0 bridgehead atoms. The zero-order chi connectivity index (χ0) is 17.8. The van der Waals surface area contributed by atoms with Crippen LogP contribution in [0.25, 0.3) is 5.69 Å². The minimum atomic E-state index is -0.380. The second-order valence-electron chi connectivity index (χ2n) is 6.17. The van der Waals surface area contributed by atoms with Gasteiger partial charge in [-0.05, 0) is 43.5 Å². The normalized spacial score (nSPS) is 12.6. The van der Waals surface area contributed by atoms with E-state index in [0.717, 1.165) is 42.0 Å². The van der Waals surface area contributed by atoms with Gasteiger partial charge in [0.2, 0.25) is 0 Å². The van der Waals surface area contributed by atoms with Crippen LogP contribution in [0.3, 0.4) is 0 Å². The number of benzene rings is 2. The van der Waals surface area contributed by atoms with Gasteiger partial charge in [0.05, 0.1) is 5.69 Å². The van der Waals surface area contributed by atoms with E-state index in [9.17, 15) is 4.79 Å². The summed E-state index contributed by atoms with van der Waals surface area (Å²) in [5.41, 5.74) is 3.53. The Morgan fingerprint density at radius 1 is 0.962 bits per heavy atom. The van der Waals surface area contributed by atoms with Crippen LogP contribution in [0.4, 0.5) is 0 Å². The van der Waals surface area contributed by atoms with E-state index in [1.807, 2.05) is 65.3 Å². The standard InChI is InChI=1S/C21H20N2O3/c24-21(26-15-14-25-17-10-5-2-6-11-17)20-18-12-7-13-19(18)23(22-20)16-8-3-1-4-9-16/h1-6,8-11H,7,12-15H2. The van der Waals surface area contributed by atoms with Gasteiger partial charge in [-0.25, -0.2) is 9.48 Å². The lowest BCUT2D eigenvalue weighted by atomic mass is 10.2. The van der Waals surface area contributed by atoms with E-state index in [4.69, 9.17) is 9.47 Å². The van der Waals surface area contributed by atoms with E-state index < -0.39 is 0 Å². The molecule has 0 fully saturated rings. The summed E-state index contributed by atoms with van der Waals surface area (Å²) in [5, 5.41) is 4.54. The molecule has 1 aliphatic rings. The number of hydrogen-bond acceptors (Lipinski definition) is 4. The van der Waals surface area contributed by atoms with E-state index in [-0.39, 0.29) is 12.6 Å². The first-order valence-corrected chi connectivity index (χ1v) is 8.84. The molecule has 132 valence electrons. The van der Waals surface area contributed by atoms with Gasteiger partial charge in [0.1, 0.15) is 19.0 Å². The molecule has 0 aliphatic heterocycles. The quantitative estimate of drug-likeness (QED) is 0.504. The highest BCUT2D eigenvalue weighted by atomic mass is 16.6. The van der Waals surface area contributed by atoms with Gasteiger partial charge in [0, 0.05) is 11.3 Å². The molecular formula is C21H20N2O3. The number of nitrogens with zero attached hydrogens (tertiary/aromatic N) is 2. The fourth-order valence-corrected chi connectivity index (χ4v) is 3.26. The lowest BCUT2D eigenvalue weighted by Crippen LogP contribution is -2.14. The molecule has 1 aliphatic carbocycles. The Kier molecular flexibility index (Phi) is 4.69. The molecule has 0 atom stereocenters. The van der Waals surface area contributed by atoms with Gasteiger partial charge in [-0.1, -0.05) is 36.4 Å². The highest BCUT2D eigenvalue weighted by molar-refractivity contribution is 5.89. The topological polar surface area (TPSA) is 53.4 Å². The summed E-state index contributed by atoms with van der Waals surface area (Å²) in [6.07, 6.45) is 2.84. The average Bonchev–Trinajstić information content (AvgIpc) is 3.29. The number of fused-ring (bicyclic) bond motifs is 1. The van der Waals surface area contributed by atoms with Gasteiger partial charge in [-0.2, -0.15) is 5.10 Å². The third-order valence-corrected chi connectivity index (χ3v) is 4.45. The Balaban J connectivity index is 1.43. The average molecular weight is 348 g/mol. The second-order valence-corrected chi connectivity index (χ2v) is 6.17. The van der Waals surface area contributed by atoms with Gasteiger partial charge in [-0.15, -0.1) is 0 Å². The molecule has 4 rings (SSSR count). The molecule has 1 aromatic heterocycles. The van der Waals surface area contributed by atoms with Crippen molar-refractivity contribution in [2.45, 2.75) is 19.3 Å². The zero-order valence-electron chi connectivity index (χ0n) is 14.4. The number of para-hydroxylation sites is 2. The smallest absolute Gasteiger partial charge is 0.359 e. The number of carbonyl (C=O) groups is 1. The Morgan fingerprint density at radius 2 is 1.69 bits per heavy atom. The van der Waals surface area contributed by atoms with Crippen molar-refractivity contribution < 1.29 is 14.3 Å². The predicted octanol–water partition coefficient (Wildman–Crippen LogP) is 3.60. The first-order chi connectivity index (χ1) is 12.8. The Hall–Kier alpha value is -3.08. The van der Waals surface area contributed by atoms with Crippen LogP contribution in [0.1, 0.15) is 28.2 Å². The summed E-state index contributed by atoms with van der Waals surface area (Å²) < 4.78 is 12.8. The van der Waals surface area contributed by atoms with Crippen molar-refractivity contribution in [2.24, 2.45) is 0 Å². The summed E-state index contributed by atoms with van der Waals surface area (Å²) in [5.74, 6) is 0.382. The molecule has 2 aromatic carbocycles. The van der Waals surface area contributed by atoms with Crippen LogP contribution >= 0.6 is 0 Å². The molecule has 26 heavy (non-hydrogen) atoms. The molecule has 0 spiro atoms. The summed E-state index contributed by atoms with van der Waals surface area (Å²) in [4.78, 5) is 12.5. The van der Waals surface area contributed by atoms with Crippen LogP contribution < -0.4 is 4.74 Å². The van der Waals surface area contributed by atoms with Gasteiger partial charge < -0.3 is 9.47 Å². The van der Waals surface area contributed by atoms with Crippen molar-refractivity contribution in [1.29, 1.82) is 0 Å². The molecule has 0 saturated heterocycles. The maximum atomic E-state index is 12.5. The van der Waals surface area contributed by atoms with Gasteiger partial charge in [-0.3, -0.25) is 0 Å². The molecule has 0 unspecified atom stereocenters. The highest BCUT2D eigenvalue weighted by Gasteiger charge is 2.27. The number of esters is 1. The van der Waals surface area contributed by atoms with Gasteiger partial charge in [0.15, 0.2) is 5.69 Å². The summed E-state index contributed by atoms with van der Waals surface area (Å²) in [6, 6.07) is 19.4. The van der Waals surface area contributed by atoms with Crippen LogP contribution in [0.5, 0.6) is 5.75 Å². The van der Waals surface area contributed by atoms with Crippen LogP contribution in [-0.2, 0) is 17.6 Å². The van der Waals surface area contributed by atoms with E-state index in [0.29, 0.717) is 12.3 Å². The molecule has 3 aromatic rings. The maximum absolute atomic E-state index is 12.5. The van der Waals surface area contributed by atoms with Crippen molar-refractivity contribution in [3.8, 4) is 11.4 Å². The van der Waals surface area contributed by atoms with Crippen LogP contribution in [-0.4, -0.2) is 29.0 Å². The molecule has 0 amide bonds. The maximum Gasteiger partial charge on any atom is 0.359 e. The van der Waals surface area contributed by atoms with Crippen molar-refractivity contribution in [1.82, 2.24) is 9.78 Å². The highest BCUT2D eigenvalue weighted by Crippen LogP contribution is 2.28. The summed E-state index contributed by atoms with van der Waals surface area (Å²) >= 11 is 0. The monoisotopic (exact) mass is 348 g/mol. The molecule has 0 saturated carbocycles. The Morgan fingerprint density at radius 3 is 2.46 bits per heavy atom. The lowest BCUT2D eigenvalue weighted by Gasteiger charge is -2.07. The zero-order valence-corrected chi connectivity index (χ0v) is 14.4. The van der Waals surface area contributed by atoms with E-state index in [2.05, 4.69) is 5.10 Å². The van der Waals surface area contributed by atoms with Crippen molar-refractivity contribution in [3.05, 3.63) is 77.6 Å². The van der Waals surface area contributed by atoms with Crippen molar-refractivity contribution in [2.75, 3.05) is 13.2 Å². The summed E-state index contributed by atoms with van der Waals surface area (Å²) in [7, 11) is 0. The van der Waals surface area contributed by atoms with Crippen molar-refractivity contribution >= 4 is 5.97 Å². The number of ether oxygens (including phenoxy) is 2. The largest absolute Gasteiger partial charge is 0.490 e. The molecule has 5 nitrogen and oxygen atoms in total. The Labute approximate surface area is 152 Å². The van der Waals surface area contributed by atoms with Gasteiger partial charge in [0.25, 0.3) is 0 Å². The van der Waals surface area contributed by atoms with Crippen LogP contribution in [0, 0.1) is 0 Å². The van der Waals surface area contributed by atoms with Crippen molar-refractivity contribution in [3.63, 3.8) is 0 Å². The predicted molar refractivity (Wildman–Crippen MR) is 97.8 cm³/mol.